The zero-order valence-corrected chi connectivity index (χ0v) is 21.3. The van der Waals surface area contributed by atoms with Crippen LogP contribution >= 0.6 is 0 Å². The molecule has 0 bridgehead atoms. The Morgan fingerprint density at radius 3 is 2.00 bits per heavy atom. The van der Waals surface area contributed by atoms with Crippen molar-refractivity contribution in [2.75, 3.05) is 6.61 Å². The highest BCUT2D eigenvalue weighted by atomic mass is 16.5. The van der Waals surface area contributed by atoms with Gasteiger partial charge < -0.3 is 18.7 Å². The van der Waals surface area contributed by atoms with Gasteiger partial charge in [-0.15, -0.1) is 0 Å². The summed E-state index contributed by atoms with van der Waals surface area (Å²) in [5.41, 5.74) is 3.92. The van der Waals surface area contributed by atoms with Gasteiger partial charge in [0.1, 0.15) is 23.2 Å². The Morgan fingerprint density at radius 1 is 0.816 bits per heavy atom. The predicted octanol–water partition coefficient (Wildman–Crippen LogP) is 6.65. The van der Waals surface area contributed by atoms with Crippen LogP contribution in [-0.4, -0.2) is 27.7 Å². The SMILES string of the molecule is Cc1oc(-c2ccccc2)nc1CCOc1ccc(CC(C(=O)O)c2nc(-c3ccccc3)oc2C)cc1. The van der Waals surface area contributed by atoms with E-state index in [1.165, 1.54) is 0 Å². The standard InChI is InChI=1S/C31H28N2O5/c1-20-27(32-29(37-20)23-9-5-3-6-10-23)17-18-36-25-15-13-22(14-16-25)19-26(31(34)35)28-21(2)38-30(33-28)24-11-7-4-8-12-24/h3-16,26H,17-19H2,1-2H3,(H,34,35). The molecule has 0 radical (unpaired) electrons. The summed E-state index contributed by atoms with van der Waals surface area (Å²) in [6.07, 6.45) is 0.901. The molecule has 38 heavy (non-hydrogen) atoms. The van der Waals surface area contributed by atoms with E-state index in [2.05, 4.69) is 9.97 Å². The average Bonchev–Trinajstić information content (AvgIpc) is 3.51. The number of oxazole rings is 2. The number of aryl methyl sites for hydroxylation is 2. The third kappa shape index (κ3) is 5.67. The first-order valence-electron chi connectivity index (χ1n) is 12.5. The first-order valence-corrected chi connectivity index (χ1v) is 12.5. The van der Waals surface area contributed by atoms with Crippen LogP contribution in [0.1, 0.15) is 34.4 Å². The van der Waals surface area contributed by atoms with Crippen molar-refractivity contribution in [2.45, 2.75) is 32.6 Å². The molecule has 1 atom stereocenters. The number of hydrogen-bond acceptors (Lipinski definition) is 6. The topological polar surface area (TPSA) is 98.6 Å². The molecule has 0 aliphatic carbocycles. The molecule has 1 N–H and O–H groups in total. The number of rotatable bonds is 10. The van der Waals surface area contributed by atoms with Crippen molar-refractivity contribution in [3.8, 4) is 28.7 Å². The molecule has 0 aliphatic rings. The number of carboxylic acids is 1. The van der Waals surface area contributed by atoms with Gasteiger partial charge in [0, 0.05) is 17.5 Å². The van der Waals surface area contributed by atoms with Gasteiger partial charge in [0.25, 0.3) is 0 Å². The fourth-order valence-corrected chi connectivity index (χ4v) is 4.32. The number of carbonyl (C=O) groups is 1. The third-order valence-corrected chi connectivity index (χ3v) is 6.37. The van der Waals surface area contributed by atoms with Gasteiger partial charge in [-0.2, -0.15) is 0 Å². The summed E-state index contributed by atoms with van der Waals surface area (Å²) in [5.74, 6) is 1.25. The lowest BCUT2D eigenvalue weighted by atomic mass is 9.95. The van der Waals surface area contributed by atoms with Gasteiger partial charge in [-0.05, 0) is 62.2 Å². The molecule has 0 saturated carbocycles. The zero-order valence-electron chi connectivity index (χ0n) is 21.3. The second kappa shape index (κ2) is 11.2. The smallest absolute Gasteiger partial charge is 0.313 e. The van der Waals surface area contributed by atoms with Gasteiger partial charge in [0.2, 0.25) is 11.8 Å². The van der Waals surface area contributed by atoms with Crippen molar-refractivity contribution in [1.82, 2.24) is 9.97 Å². The summed E-state index contributed by atoms with van der Waals surface area (Å²) in [7, 11) is 0. The lowest BCUT2D eigenvalue weighted by Gasteiger charge is -2.11. The normalized spacial score (nSPS) is 11.8. The predicted molar refractivity (Wildman–Crippen MR) is 143 cm³/mol. The van der Waals surface area contributed by atoms with Crippen LogP contribution in [-0.2, 0) is 17.6 Å². The largest absolute Gasteiger partial charge is 0.493 e. The van der Waals surface area contributed by atoms with Crippen molar-refractivity contribution in [3.05, 3.63) is 113 Å². The molecular weight excluding hydrogens is 480 g/mol. The van der Waals surface area contributed by atoms with Crippen molar-refractivity contribution >= 4 is 5.97 Å². The molecule has 3 aromatic carbocycles. The van der Waals surface area contributed by atoms with Gasteiger partial charge in [-0.3, -0.25) is 4.79 Å². The third-order valence-electron chi connectivity index (χ3n) is 6.37. The van der Waals surface area contributed by atoms with E-state index in [1.807, 2.05) is 91.9 Å². The summed E-state index contributed by atoms with van der Waals surface area (Å²) in [4.78, 5) is 21.3. The Labute approximate surface area is 220 Å². The molecule has 1 unspecified atom stereocenters. The number of benzene rings is 3. The first-order chi connectivity index (χ1) is 18.5. The summed E-state index contributed by atoms with van der Waals surface area (Å²) in [6.45, 7) is 4.10. The molecule has 0 saturated heterocycles. The van der Waals surface area contributed by atoms with Crippen molar-refractivity contribution in [2.24, 2.45) is 0 Å². The maximum atomic E-state index is 12.1. The second-order valence-corrected chi connectivity index (χ2v) is 9.05. The Balaban J connectivity index is 1.21. The van der Waals surface area contributed by atoms with Crippen LogP contribution in [0.2, 0.25) is 0 Å². The molecule has 192 valence electrons. The number of aromatic nitrogens is 2. The molecule has 2 heterocycles. The summed E-state index contributed by atoms with van der Waals surface area (Å²) in [5, 5.41) is 9.95. The molecule has 5 aromatic rings. The molecule has 0 fully saturated rings. The minimum absolute atomic E-state index is 0.289. The van der Waals surface area contributed by atoms with Crippen molar-refractivity contribution < 1.29 is 23.5 Å². The molecule has 5 rings (SSSR count). The van der Waals surface area contributed by atoms with Crippen LogP contribution < -0.4 is 4.74 Å². The highest BCUT2D eigenvalue weighted by Gasteiger charge is 2.27. The summed E-state index contributed by atoms with van der Waals surface area (Å²) in [6, 6.07) is 26.7. The first kappa shape index (κ1) is 25.0. The van der Waals surface area contributed by atoms with Crippen LogP contribution in [0.5, 0.6) is 5.75 Å². The highest BCUT2D eigenvalue weighted by molar-refractivity contribution is 5.76. The monoisotopic (exact) mass is 508 g/mol. The van der Waals surface area contributed by atoms with E-state index in [0.717, 1.165) is 28.1 Å². The van der Waals surface area contributed by atoms with Crippen molar-refractivity contribution in [3.63, 3.8) is 0 Å². The minimum Gasteiger partial charge on any atom is -0.493 e. The van der Waals surface area contributed by atoms with Crippen LogP contribution in [0, 0.1) is 13.8 Å². The van der Waals surface area contributed by atoms with Crippen LogP contribution in [0.15, 0.2) is 93.8 Å². The molecule has 7 nitrogen and oxygen atoms in total. The summed E-state index contributed by atoms with van der Waals surface area (Å²) < 4.78 is 17.5. The summed E-state index contributed by atoms with van der Waals surface area (Å²) >= 11 is 0. The molecular formula is C31H28N2O5. The van der Waals surface area contributed by atoms with Gasteiger partial charge >= 0.3 is 5.97 Å². The second-order valence-electron chi connectivity index (χ2n) is 9.05. The van der Waals surface area contributed by atoms with E-state index in [4.69, 9.17) is 13.6 Å². The van der Waals surface area contributed by atoms with Crippen LogP contribution in [0.3, 0.4) is 0 Å². The molecule has 7 heteroatoms. The number of nitrogens with zero attached hydrogens (tertiary/aromatic N) is 2. The maximum absolute atomic E-state index is 12.1. The van der Waals surface area contributed by atoms with Crippen LogP contribution in [0.4, 0.5) is 0 Å². The molecule has 0 amide bonds. The molecule has 0 spiro atoms. The maximum Gasteiger partial charge on any atom is 0.313 e. The Hall–Kier alpha value is -4.65. The Bertz CT molecular complexity index is 1510. The van der Waals surface area contributed by atoms with Gasteiger partial charge in [-0.1, -0.05) is 48.5 Å². The number of carboxylic acid groups (broad SMARTS) is 1. The molecule has 2 aromatic heterocycles. The Kier molecular flexibility index (Phi) is 7.35. The van der Waals surface area contributed by atoms with E-state index in [1.54, 1.807) is 6.92 Å². The van der Waals surface area contributed by atoms with Gasteiger partial charge in [-0.25, -0.2) is 9.97 Å². The fraction of sp³-hybridized carbons (Fsp3) is 0.194. The minimum atomic E-state index is -0.945. The van der Waals surface area contributed by atoms with E-state index in [-0.39, 0.29) is 6.42 Å². The van der Waals surface area contributed by atoms with Gasteiger partial charge in [0.05, 0.1) is 18.0 Å². The van der Waals surface area contributed by atoms with E-state index in [9.17, 15) is 9.90 Å². The lowest BCUT2D eigenvalue weighted by Crippen LogP contribution is -2.16. The quantitative estimate of drug-likeness (QED) is 0.226. The fourth-order valence-electron chi connectivity index (χ4n) is 4.32. The number of hydrogen-bond donors (Lipinski definition) is 1. The van der Waals surface area contributed by atoms with E-state index in [0.29, 0.717) is 42.0 Å². The van der Waals surface area contributed by atoms with Crippen molar-refractivity contribution in [1.29, 1.82) is 0 Å². The van der Waals surface area contributed by atoms with E-state index >= 15 is 0 Å². The average molecular weight is 509 g/mol. The molecule has 0 aliphatic heterocycles. The zero-order chi connectivity index (χ0) is 26.5. The highest BCUT2D eigenvalue weighted by Crippen LogP contribution is 2.29. The van der Waals surface area contributed by atoms with Crippen LogP contribution in [0.25, 0.3) is 22.9 Å². The Morgan fingerprint density at radius 2 is 1.39 bits per heavy atom. The number of ether oxygens (including phenoxy) is 1. The van der Waals surface area contributed by atoms with Gasteiger partial charge in [0.15, 0.2) is 0 Å². The van der Waals surface area contributed by atoms with E-state index < -0.39 is 11.9 Å². The number of aliphatic carboxylic acids is 1. The lowest BCUT2D eigenvalue weighted by molar-refractivity contribution is -0.138.